The van der Waals surface area contributed by atoms with E-state index in [-0.39, 0.29) is 34.4 Å². The summed E-state index contributed by atoms with van der Waals surface area (Å²) in [6, 6.07) is 2.06. The number of amides is 1. The normalized spacial score (nSPS) is 15.6. The lowest BCUT2D eigenvalue weighted by Crippen LogP contribution is -2.44. The predicted molar refractivity (Wildman–Crippen MR) is 79.3 cm³/mol. The molecule has 1 aromatic rings. The summed E-state index contributed by atoms with van der Waals surface area (Å²) in [4.78, 5) is 13.9. The zero-order chi connectivity index (χ0) is 14.0. The van der Waals surface area contributed by atoms with Crippen molar-refractivity contribution in [2.45, 2.75) is 18.9 Å². The Hall–Kier alpha value is -0.720. The van der Waals surface area contributed by atoms with Crippen LogP contribution in [0.3, 0.4) is 0 Å². The van der Waals surface area contributed by atoms with Crippen LogP contribution in [0.25, 0.3) is 0 Å². The standard InChI is InChI=1S/C13H15BrF2N2O.ClH/c1-18(8-2-4-17-5-3-8)13(19)9-6-11(15)12(16)7-10(9)14;/h6-8,17H,2-5H2,1H3;1H. The van der Waals surface area contributed by atoms with Gasteiger partial charge >= 0.3 is 0 Å². The van der Waals surface area contributed by atoms with E-state index in [2.05, 4.69) is 21.2 Å². The second-order valence-electron chi connectivity index (χ2n) is 4.64. The van der Waals surface area contributed by atoms with Crippen molar-refractivity contribution in [2.24, 2.45) is 0 Å². The summed E-state index contributed by atoms with van der Waals surface area (Å²) in [5.74, 6) is -2.27. The highest BCUT2D eigenvalue weighted by atomic mass is 79.9. The van der Waals surface area contributed by atoms with Gasteiger partial charge in [-0.3, -0.25) is 4.79 Å². The van der Waals surface area contributed by atoms with Crippen molar-refractivity contribution in [3.8, 4) is 0 Å². The first-order chi connectivity index (χ1) is 9.00. The number of piperidine rings is 1. The number of nitrogens with zero attached hydrogens (tertiary/aromatic N) is 1. The molecule has 0 unspecified atom stereocenters. The van der Waals surface area contributed by atoms with Crippen LogP contribution in [-0.2, 0) is 0 Å². The molecule has 0 bridgehead atoms. The van der Waals surface area contributed by atoms with E-state index in [0.29, 0.717) is 0 Å². The molecule has 2 rings (SSSR count). The Bertz CT molecular complexity index is 496. The van der Waals surface area contributed by atoms with Crippen molar-refractivity contribution >= 4 is 34.2 Å². The first kappa shape index (κ1) is 17.3. The molecule has 1 aliphatic heterocycles. The largest absolute Gasteiger partial charge is 0.339 e. The molecule has 7 heteroatoms. The molecule has 20 heavy (non-hydrogen) atoms. The van der Waals surface area contributed by atoms with Crippen molar-refractivity contribution in [1.29, 1.82) is 0 Å². The highest BCUT2D eigenvalue weighted by Crippen LogP contribution is 2.23. The Balaban J connectivity index is 0.00000200. The van der Waals surface area contributed by atoms with Crippen LogP contribution >= 0.6 is 28.3 Å². The topological polar surface area (TPSA) is 32.3 Å². The van der Waals surface area contributed by atoms with Gasteiger partial charge in [0.15, 0.2) is 11.6 Å². The van der Waals surface area contributed by atoms with Crippen molar-refractivity contribution < 1.29 is 13.6 Å². The quantitative estimate of drug-likeness (QED) is 0.813. The SMILES string of the molecule is CN(C(=O)c1cc(F)c(F)cc1Br)C1CCNCC1.Cl. The minimum absolute atomic E-state index is 0. The summed E-state index contributed by atoms with van der Waals surface area (Å²) >= 11 is 3.11. The molecule has 1 saturated heterocycles. The summed E-state index contributed by atoms with van der Waals surface area (Å²) in [6.45, 7) is 1.72. The predicted octanol–water partition coefficient (Wildman–Crippen LogP) is 2.97. The molecule has 3 nitrogen and oxygen atoms in total. The van der Waals surface area contributed by atoms with Crippen LogP contribution < -0.4 is 5.32 Å². The van der Waals surface area contributed by atoms with Crippen molar-refractivity contribution in [1.82, 2.24) is 10.2 Å². The van der Waals surface area contributed by atoms with Gasteiger partial charge in [0.1, 0.15) is 0 Å². The van der Waals surface area contributed by atoms with E-state index in [9.17, 15) is 13.6 Å². The molecule has 0 spiro atoms. The number of nitrogens with one attached hydrogen (secondary N) is 1. The van der Waals surface area contributed by atoms with E-state index >= 15 is 0 Å². The fourth-order valence-electron chi connectivity index (χ4n) is 2.24. The highest BCUT2D eigenvalue weighted by molar-refractivity contribution is 9.10. The van der Waals surface area contributed by atoms with E-state index in [1.54, 1.807) is 11.9 Å². The van der Waals surface area contributed by atoms with E-state index in [0.717, 1.165) is 38.1 Å². The lowest BCUT2D eigenvalue weighted by atomic mass is 10.0. The van der Waals surface area contributed by atoms with Crippen molar-refractivity contribution in [3.05, 3.63) is 33.8 Å². The fourth-order valence-corrected chi connectivity index (χ4v) is 2.72. The summed E-state index contributed by atoms with van der Waals surface area (Å²) in [7, 11) is 1.70. The molecule has 1 N–H and O–H groups in total. The molecule has 0 saturated carbocycles. The maximum atomic E-state index is 13.2. The van der Waals surface area contributed by atoms with Gasteiger partial charge in [0.05, 0.1) is 5.56 Å². The van der Waals surface area contributed by atoms with Gasteiger partial charge in [-0.25, -0.2) is 8.78 Å². The van der Waals surface area contributed by atoms with Gasteiger partial charge in [-0.15, -0.1) is 12.4 Å². The monoisotopic (exact) mass is 368 g/mol. The first-order valence-corrected chi connectivity index (χ1v) is 6.92. The van der Waals surface area contributed by atoms with E-state index in [4.69, 9.17) is 0 Å². The zero-order valence-electron chi connectivity index (χ0n) is 11.0. The summed E-state index contributed by atoms with van der Waals surface area (Å²) in [5.41, 5.74) is 0.153. The van der Waals surface area contributed by atoms with Crippen LogP contribution in [0.1, 0.15) is 23.2 Å². The molecular formula is C13H16BrClF2N2O. The van der Waals surface area contributed by atoms with Crippen LogP contribution in [0, 0.1) is 11.6 Å². The van der Waals surface area contributed by atoms with Gasteiger partial charge in [0.2, 0.25) is 0 Å². The molecule has 0 aliphatic carbocycles. The lowest BCUT2D eigenvalue weighted by molar-refractivity contribution is 0.0701. The van der Waals surface area contributed by atoms with Gasteiger partial charge in [-0.2, -0.15) is 0 Å². The Morgan fingerprint density at radius 1 is 1.30 bits per heavy atom. The van der Waals surface area contributed by atoms with Crippen LogP contribution in [-0.4, -0.2) is 37.0 Å². The van der Waals surface area contributed by atoms with Crippen molar-refractivity contribution in [2.75, 3.05) is 20.1 Å². The van der Waals surface area contributed by atoms with Crippen LogP contribution in [0.5, 0.6) is 0 Å². The summed E-state index contributed by atoms with van der Waals surface area (Å²) < 4.78 is 26.6. The third-order valence-electron chi connectivity index (χ3n) is 3.42. The smallest absolute Gasteiger partial charge is 0.255 e. The molecule has 112 valence electrons. The highest BCUT2D eigenvalue weighted by Gasteiger charge is 2.25. The van der Waals surface area contributed by atoms with Gasteiger partial charge in [0, 0.05) is 17.6 Å². The Kier molecular flexibility index (Phi) is 6.36. The molecule has 0 atom stereocenters. The summed E-state index contributed by atoms with van der Waals surface area (Å²) in [6.07, 6.45) is 1.73. The number of hydrogen-bond acceptors (Lipinski definition) is 2. The molecule has 1 amide bonds. The molecule has 1 aromatic carbocycles. The molecule has 1 aliphatic rings. The summed E-state index contributed by atoms with van der Waals surface area (Å²) in [5, 5.41) is 3.22. The molecule has 0 aromatic heterocycles. The molecule has 1 fully saturated rings. The van der Waals surface area contributed by atoms with Crippen LogP contribution in [0.4, 0.5) is 8.78 Å². The van der Waals surface area contributed by atoms with Crippen molar-refractivity contribution in [3.63, 3.8) is 0 Å². The average Bonchev–Trinajstić information content (AvgIpc) is 2.42. The second kappa shape index (κ2) is 7.33. The number of halogens is 4. The van der Waals surface area contributed by atoms with E-state index in [1.165, 1.54) is 0 Å². The Labute approximate surface area is 131 Å². The first-order valence-electron chi connectivity index (χ1n) is 6.13. The van der Waals surface area contributed by atoms with Gasteiger partial charge in [0.25, 0.3) is 5.91 Å². The number of carbonyl (C=O) groups is 1. The third-order valence-corrected chi connectivity index (χ3v) is 4.07. The average molecular weight is 370 g/mol. The Morgan fingerprint density at radius 3 is 2.45 bits per heavy atom. The number of rotatable bonds is 2. The maximum Gasteiger partial charge on any atom is 0.255 e. The molecular weight excluding hydrogens is 354 g/mol. The number of benzene rings is 1. The van der Waals surface area contributed by atoms with E-state index in [1.807, 2.05) is 0 Å². The minimum atomic E-state index is -1.01. The van der Waals surface area contributed by atoms with E-state index < -0.39 is 11.6 Å². The number of carbonyl (C=O) groups excluding carboxylic acids is 1. The fraction of sp³-hybridized carbons (Fsp3) is 0.462. The zero-order valence-corrected chi connectivity index (χ0v) is 13.4. The van der Waals surface area contributed by atoms with Gasteiger partial charge < -0.3 is 10.2 Å². The number of hydrogen-bond donors (Lipinski definition) is 1. The van der Waals surface area contributed by atoms with Gasteiger partial charge in [-0.05, 0) is 54.0 Å². The van der Waals surface area contributed by atoms with Crippen LogP contribution in [0.2, 0.25) is 0 Å². The molecule has 1 heterocycles. The van der Waals surface area contributed by atoms with Crippen LogP contribution in [0.15, 0.2) is 16.6 Å². The molecule has 0 radical (unpaired) electrons. The maximum absolute atomic E-state index is 13.2. The third kappa shape index (κ3) is 3.68. The minimum Gasteiger partial charge on any atom is -0.339 e. The lowest BCUT2D eigenvalue weighted by Gasteiger charge is -2.32. The van der Waals surface area contributed by atoms with Gasteiger partial charge in [-0.1, -0.05) is 0 Å². The Morgan fingerprint density at radius 2 is 1.85 bits per heavy atom. The second-order valence-corrected chi connectivity index (χ2v) is 5.50.